The van der Waals surface area contributed by atoms with Gasteiger partial charge in [-0.3, -0.25) is 9.59 Å². The Morgan fingerprint density at radius 3 is 2.79 bits per heavy atom. The first-order valence-electron chi connectivity index (χ1n) is 7.94. The number of carbonyl (C=O) groups is 2. The van der Waals surface area contributed by atoms with Gasteiger partial charge in [-0.2, -0.15) is 0 Å². The maximum Gasteiger partial charge on any atom is 0.248 e. The van der Waals surface area contributed by atoms with Crippen LogP contribution in [0.25, 0.3) is 0 Å². The molecule has 0 fully saturated rings. The van der Waals surface area contributed by atoms with Crippen LogP contribution < -0.4 is 11.1 Å². The van der Waals surface area contributed by atoms with Gasteiger partial charge in [0.2, 0.25) is 11.8 Å². The van der Waals surface area contributed by atoms with Crippen molar-refractivity contribution in [1.29, 1.82) is 0 Å². The molecule has 124 valence electrons. The second-order valence-electron chi connectivity index (χ2n) is 5.95. The molecule has 1 aliphatic heterocycles. The maximum absolute atomic E-state index is 12.4. The molecule has 0 aromatic heterocycles. The van der Waals surface area contributed by atoms with E-state index in [1.165, 1.54) is 5.56 Å². The molecule has 0 radical (unpaired) electrons. The molecule has 24 heavy (non-hydrogen) atoms. The second-order valence-corrected chi connectivity index (χ2v) is 5.95. The van der Waals surface area contributed by atoms with E-state index in [4.69, 9.17) is 10.5 Å². The molecule has 1 heterocycles. The Hall–Kier alpha value is -2.66. The highest BCUT2D eigenvalue weighted by atomic mass is 16.5. The standard InChI is InChI=1S/C19H20N2O3/c1-12-10-14(19(20)23)6-7-16(12)21-18(22)11-17-15-5-3-2-4-13(15)8-9-24-17/h2-7,10,17H,8-9,11H2,1H3,(H2,20,23)(H,21,22)/t17-/m1/s1. The molecule has 3 rings (SSSR count). The summed E-state index contributed by atoms with van der Waals surface area (Å²) in [4.78, 5) is 23.6. The SMILES string of the molecule is Cc1cc(C(N)=O)ccc1NC(=O)C[C@H]1OCCc2ccccc21. The number of nitrogens with two attached hydrogens (primary N) is 1. The summed E-state index contributed by atoms with van der Waals surface area (Å²) in [6.07, 6.45) is 0.913. The van der Waals surface area contributed by atoms with Gasteiger partial charge in [0.25, 0.3) is 0 Å². The lowest BCUT2D eigenvalue weighted by Crippen LogP contribution is -2.22. The van der Waals surface area contributed by atoms with E-state index < -0.39 is 5.91 Å². The summed E-state index contributed by atoms with van der Waals surface area (Å²) in [5.74, 6) is -0.602. The van der Waals surface area contributed by atoms with Crippen molar-refractivity contribution in [2.45, 2.75) is 25.9 Å². The number of benzene rings is 2. The predicted octanol–water partition coefficient (Wildman–Crippen LogP) is 2.74. The fourth-order valence-corrected chi connectivity index (χ4v) is 2.97. The zero-order chi connectivity index (χ0) is 17.1. The summed E-state index contributed by atoms with van der Waals surface area (Å²) >= 11 is 0. The number of nitrogens with one attached hydrogen (secondary N) is 1. The molecule has 5 heteroatoms. The zero-order valence-corrected chi connectivity index (χ0v) is 13.5. The quantitative estimate of drug-likeness (QED) is 0.907. The fourth-order valence-electron chi connectivity index (χ4n) is 2.97. The van der Waals surface area contributed by atoms with E-state index in [-0.39, 0.29) is 18.4 Å². The van der Waals surface area contributed by atoms with Crippen molar-refractivity contribution in [2.75, 3.05) is 11.9 Å². The first kappa shape index (κ1) is 16.2. The summed E-state index contributed by atoms with van der Waals surface area (Å²) < 4.78 is 5.77. The van der Waals surface area contributed by atoms with Gasteiger partial charge in [0.1, 0.15) is 0 Å². The van der Waals surface area contributed by atoms with Crippen LogP contribution in [0, 0.1) is 6.92 Å². The average Bonchev–Trinajstić information content (AvgIpc) is 2.57. The Morgan fingerprint density at radius 1 is 1.25 bits per heavy atom. The van der Waals surface area contributed by atoms with Gasteiger partial charge in [0, 0.05) is 11.3 Å². The molecule has 0 bridgehead atoms. The second kappa shape index (κ2) is 6.84. The number of hydrogen-bond acceptors (Lipinski definition) is 3. The predicted molar refractivity (Wildman–Crippen MR) is 91.8 cm³/mol. The number of ether oxygens (including phenoxy) is 1. The largest absolute Gasteiger partial charge is 0.373 e. The van der Waals surface area contributed by atoms with E-state index in [1.807, 2.05) is 25.1 Å². The summed E-state index contributed by atoms with van der Waals surface area (Å²) in [6, 6.07) is 13.0. The zero-order valence-electron chi connectivity index (χ0n) is 13.5. The van der Waals surface area contributed by atoms with Crippen LogP contribution in [-0.2, 0) is 16.0 Å². The van der Waals surface area contributed by atoms with Gasteiger partial charge in [-0.15, -0.1) is 0 Å². The highest BCUT2D eigenvalue weighted by molar-refractivity contribution is 5.95. The van der Waals surface area contributed by atoms with E-state index >= 15 is 0 Å². The average molecular weight is 324 g/mol. The minimum absolute atomic E-state index is 0.119. The van der Waals surface area contributed by atoms with E-state index in [0.717, 1.165) is 17.5 Å². The Labute approximate surface area is 140 Å². The first-order valence-corrected chi connectivity index (χ1v) is 7.94. The van der Waals surface area contributed by atoms with Gasteiger partial charge in [0.05, 0.1) is 19.1 Å². The number of anilines is 1. The number of carbonyl (C=O) groups excluding carboxylic acids is 2. The lowest BCUT2D eigenvalue weighted by atomic mass is 9.95. The topological polar surface area (TPSA) is 81.4 Å². The fraction of sp³-hybridized carbons (Fsp3) is 0.263. The third kappa shape index (κ3) is 3.46. The van der Waals surface area contributed by atoms with E-state index in [0.29, 0.717) is 17.9 Å². The molecule has 2 aromatic rings. The lowest BCUT2D eigenvalue weighted by Gasteiger charge is -2.25. The first-order chi connectivity index (χ1) is 11.5. The summed E-state index contributed by atoms with van der Waals surface area (Å²) in [5.41, 5.74) is 9.48. The van der Waals surface area contributed by atoms with Crippen molar-refractivity contribution < 1.29 is 14.3 Å². The van der Waals surface area contributed by atoms with Crippen molar-refractivity contribution >= 4 is 17.5 Å². The molecule has 1 atom stereocenters. The maximum atomic E-state index is 12.4. The van der Waals surface area contributed by atoms with Crippen molar-refractivity contribution in [2.24, 2.45) is 5.73 Å². The van der Waals surface area contributed by atoms with Gasteiger partial charge < -0.3 is 15.8 Å². The monoisotopic (exact) mass is 324 g/mol. The molecule has 0 spiro atoms. The number of aryl methyl sites for hydroxylation is 1. The molecular weight excluding hydrogens is 304 g/mol. The molecule has 3 N–H and O–H groups in total. The van der Waals surface area contributed by atoms with Crippen LogP contribution in [0.2, 0.25) is 0 Å². The lowest BCUT2D eigenvalue weighted by molar-refractivity contribution is -0.119. The number of fused-ring (bicyclic) bond motifs is 1. The minimum atomic E-state index is -0.483. The van der Waals surface area contributed by atoms with Gasteiger partial charge in [0.15, 0.2) is 0 Å². The van der Waals surface area contributed by atoms with E-state index in [2.05, 4.69) is 11.4 Å². The van der Waals surface area contributed by atoms with Crippen LogP contribution in [0.4, 0.5) is 5.69 Å². The van der Waals surface area contributed by atoms with Crippen LogP contribution >= 0.6 is 0 Å². The summed E-state index contributed by atoms with van der Waals surface area (Å²) in [5, 5.41) is 2.88. The number of amides is 2. The normalized spacial score (nSPS) is 16.3. The number of hydrogen-bond donors (Lipinski definition) is 2. The Bertz CT molecular complexity index is 786. The van der Waals surface area contributed by atoms with Crippen molar-refractivity contribution in [3.05, 3.63) is 64.7 Å². The summed E-state index contributed by atoms with van der Waals surface area (Å²) in [7, 11) is 0. The van der Waals surface area contributed by atoms with Crippen LogP contribution in [0.5, 0.6) is 0 Å². The number of rotatable bonds is 4. The van der Waals surface area contributed by atoms with E-state index in [9.17, 15) is 9.59 Å². The molecule has 5 nitrogen and oxygen atoms in total. The molecule has 2 aromatic carbocycles. The minimum Gasteiger partial charge on any atom is -0.373 e. The van der Waals surface area contributed by atoms with Gasteiger partial charge in [-0.05, 0) is 48.2 Å². The van der Waals surface area contributed by atoms with Crippen LogP contribution in [-0.4, -0.2) is 18.4 Å². The van der Waals surface area contributed by atoms with Crippen molar-refractivity contribution in [3.63, 3.8) is 0 Å². The van der Waals surface area contributed by atoms with Crippen molar-refractivity contribution in [1.82, 2.24) is 0 Å². The van der Waals surface area contributed by atoms with Crippen LogP contribution in [0.15, 0.2) is 42.5 Å². The molecule has 1 aliphatic rings. The number of primary amides is 1. The Kier molecular flexibility index (Phi) is 4.62. The van der Waals surface area contributed by atoms with E-state index in [1.54, 1.807) is 18.2 Å². The molecule has 0 saturated heterocycles. The van der Waals surface area contributed by atoms with Gasteiger partial charge in [-0.25, -0.2) is 0 Å². The third-order valence-corrected chi connectivity index (χ3v) is 4.25. The van der Waals surface area contributed by atoms with Gasteiger partial charge >= 0.3 is 0 Å². The smallest absolute Gasteiger partial charge is 0.248 e. The third-order valence-electron chi connectivity index (χ3n) is 4.25. The van der Waals surface area contributed by atoms with Crippen molar-refractivity contribution in [3.8, 4) is 0 Å². The molecule has 0 unspecified atom stereocenters. The molecular formula is C19H20N2O3. The Morgan fingerprint density at radius 2 is 2.04 bits per heavy atom. The molecule has 2 amide bonds. The Balaban J connectivity index is 1.70. The molecule has 0 aliphatic carbocycles. The highest BCUT2D eigenvalue weighted by Crippen LogP contribution is 2.30. The van der Waals surface area contributed by atoms with Crippen LogP contribution in [0.3, 0.4) is 0 Å². The summed E-state index contributed by atoms with van der Waals surface area (Å²) in [6.45, 7) is 2.45. The molecule has 0 saturated carbocycles. The van der Waals surface area contributed by atoms with Crippen LogP contribution in [0.1, 0.15) is 39.6 Å². The van der Waals surface area contributed by atoms with Gasteiger partial charge in [-0.1, -0.05) is 24.3 Å². The highest BCUT2D eigenvalue weighted by Gasteiger charge is 2.23.